The van der Waals surface area contributed by atoms with Crippen LogP contribution < -0.4 is 4.74 Å². The van der Waals surface area contributed by atoms with E-state index in [9.17, 15) is 8.78 Å². The van der Waals surface area contributed by atoms with E-state index < -0.39 is 6.61 Å². The summed E-state index contributed by atoms with van der Waals surface area (Å²) in [5.41, 5.74) is 0. The molecule has 0 saturated heterocycles. The first-order valence-corrected chi connectivity index (χ1v) is 4.03. The highest BCUT2D eigenvalue weighted by Gasteiger charge is 2.07. The number of halogens is 3. The molecule has 0 aliphatic carbocycles. The number of rotatable bonds is 3. The molecule has 0 amide bonds. The molecule has 11 heavy (non-hydrogen) atoms. The molecule has 0 fully saturated rings. The van der Waals surface area contributed by atoms with Crippen molar-refractivity contribution in [3.05, 3.63) is 11.1 Å². The normalized spacial score (nSPS) is 10.5. The minimum atomic E-state index is -2.82. The van der Waals surface area contributed by atoms with Gasteiger partial charge in [-0.3, -0.25) is 0 Å². The standard InChI is InChI=1S/C5H4ClF2NOS/c6-1-3-2-9-5(11-3)10-4(7)8/h2,4H,1H2. The van der Waals surface area contributed by atoms with Crippen molar-refractivity contribution in [2.24, 2.45) is 0 Å². The number of alkyl halides is 3. The number of ether oxygens (including phenoxy) is 1. The Morgan fingerprint density at radius 2 is 2.45 bits per heavy atom. The number of thiazole rings is 1. The molecule has 1 heterocycles. The molecule has 0 unspecified atom stereocenters. The van der Waals surface area contributed by atoms with Crippen LogP contribution in [0.5, 0.6) is 5.19 Å². The third-order valence-corrected chi connectivity index (χ3v) is 2.19. The molecule has 0 aliphatic rings. The third-order valence-electron chi connectivity index (χ3n) is 0.854. The van der Waals surface area contributed by atoms with Crippen molar-refractivity contribution < 1.29 is 13.5 Å². The number of aromatic nitrogens is 1. The maximum Gasteiger partial charge on any atom is 0.389 e. The molecule has 6 heteroatoms. The zero-order chi connectivity index (χ0) is 8.27. The Balaban J connectivity index is 2.58. The second-order valence-electron chi connectivity index (χ2n) is 1.60. The second-order valence-corrected chi connectivity index (χ2v) is 2.95. The fourth-order valence-corrected chi connectivity index (χ4v) is 1.33. The summed E-state index contributed by atoms with van der Waals surface area (Å²) in [7, 11) is 0. The first-order chi connectivity index (χ1) is 5.22. The molecule has 0 aliphatic heterocycles. The number of nitrogens with zero attached hydrogens (tertiary/aromatic N) is 1. The first kappa shape index (κ1) is 8.67. The van der Waals surface area contributed by atoms with E-state index in [1.807, 2.05) is 0 Å². The minimum Gasteiger partial charge on any atom is -0.408 e. The molecule has 0 bridgehead atoms. The van der Waals surface area contributed by atoms with Crippen LogP contribution >= 0.6 is 22.9 Å². The average molecular weight is 200 g/mol. The monoisotopic (exact) mass is 199 g/mol. The van der Waals surface area contributed by atoms with Gasteiger partial charge < -0.3 is 4.74 Å². The zero-order valence-corrected chi connectivity index (χ0v) is 6.83. The summed E-state index contributed by atoms with van der Waals surface area (Å²) < 4.78 is 27.1. The van der Waals surface area contributed by atoms with Crippen LogP contribution in [-0.4, -0.2) is 11.6 Å². The Labute approximate surface area is 70.8 Å². The molecule has 1 aromatic rings. The average Bonchev–Trinajstić information content (AvgIpc) is 2.34. The highest BCUT2D eigenvalue weighted by atomic mass is 35.5. The maximum absolute atomic E-state index is 11.5. The van der Waals surface area contributed by atoms with E-state index >= 15 is 0 Å². The van der Waals surface area contributed by atoms with Crippen molar-refractivity contribution >= 4 is 22.9 Å². The highest BCUT2D eigenvalue weighted by Crippen LogP contribution is 2.23. The quantitative estimate of drug-likeness (QED) is 0.698. The fraction of sp³-hybridized carbons (Fsp3) is 0.400. The summed E-state index contributed by atoms with van der Waals surface area (Å²) in [5.74, 6) is 0.268. The molecular weight excluding hydrogens is 196 g/mol. The van der Waals surface area contributed by atoms with Gasteiger partial charge in [0.25, 0.3) is 5.19 Å². The van der Waals surface area contributed by atoms with Gasteiger partial charge in [-0.2, -0.15) is 8.78 Å². The largest absolute Gasteiger partial charge is 0.408 e. The van der Waals surface area contributed by atoms with Gasteiger partial charge in [0.2, 0.25) is 0 Å². The van der Waals surface area contributed by atoms with Crippen LogP contribution in [0.4, 0.5) is 8.78 Å². The van der Waals surface area contributed by atoms with E-state index in [1.54, 1.807) is 0 Å². The van der Waals surface area contributed by atoms with Crippen molar-refractivity contribution in [3.8, 4) is 5.19 Å². The molecule has 1 aromatic heterocycles. The summed E-state index contributed by atoms with van der Waals surface area (Å²) >= 11 is 6.42. The Morgan fingerprint density at radius 1 is 1.73 bits per heavy atom. The molecular formula is C5H4ClF2NOS. The summed E-state index contributed by atoms with van der Waals surface area (Å²) in [5, 5.41) is -0.0457. The molecule has 1 rings (SSSR count). The second kappa shape index (κ2) is 3.82. The molecule has 0 N–H and O–H groups in total. The van der Waals surface area contributed by atoms with E-state index in [0.717, 1.165) is 11.3 Å². The van der Waals surface area contributed by atoms with Gasteiger partial charge in [0.15, 0.2) is 0 Å². The lowest BCUT2D eigenvalue weighted by Crippen LogP contribution is -2.00. The van der Waals surface area contributed by atoms with Crippen LogP contribution in [0.3, 0.4) is 0 Å². The smallest absolute Gasteiger partial charge is 0.389 e. The fourth-order valence-electron chi connectivity index (χ4n) is 0.482. The van der Waals surface area contributed by atoms with Gasteiger partial charge in [-0.05, 0) is 0 Å². The lowest BCUT2D eigenvalue weighted by Gasteiger charge is -1.96. The van der Waals surface area contributed by atoms with Crippen molar-refractivity contribution in [3.63, 3.8) is 0 Å². The number of hydrogen-bond donors (Lipinski definition) is 0. The molecule has 2 nitrogen and oxygen atoms in total. The summed E-state index contributed by atoms with van der Waals surface area (Å²) in [6, 6.07) is 0. The van der Waals surface area contributed by atoms with Crippen molar-refractivity contribution in [2.45, 2.75) is 12.5 Å². The number of hydrogen-bond acceptors (Lipinski definition) is 3. The Hall–Kier alpha value is -0.420. The van der Waals surface area contributed by atoms with E-state index in [-0.39, 0.29) is 11.1 Å². The van der Waals surface area contributed by atoms with Gasteiger partial charge in [-0.1, -0.05) is 11.3 Å². The molecule has 62 valence electrons. The predicted molar refractivity (Wildman–Crippen MR) is 38.3 cm³/mol. The SMILES string of the molecule is FC(F)Oc1ncc(CCl)s1. The molecule has 0 radical (unpaired) electrons. The highest BCUT2D eigenvalue weighted by molar-refractivity contribution is 7.13. The lowest BCUT2D eigenvalue weighted by molar-refractivity contribution is -0.0499. The van der Waals surface area contributed by atoms with E-state index in [2.05, 4.69) is 9.72 Å². The van der Waals surface area contributed by atoms with Crippen LogP contribution in [0.1, 0.15) is 4.88 Å². The van der Waals surface area contributed by atoms with Crippen molar-refractivity contribution in [1.29, 1.82) is 0 Å². The van der Waals surface area contributed by atoms with Gasteiger partial charge in [-0.15, -0.1) is 11.6 Å². The molecule has 0 atom stereocenters. The van der Waals surface area contributed by atoms with Gasteiger partial charge in [-0.25, -0.2) is 4.98 Å². The molecule has 0 spiro atoms. The van der Waals surface area contributed by atoms with Crippen LogP contribution in [0, 0.1) is 0 Å². The Bertz CT molecular complexity index is 230. The van der Waals surface area contributed by atoms with Crippen molar-refractivity contribution in [1.82, 2.24) is 4.98 Å². The third kappa shape index (κ3) is 2.59. The topological polar surface area (TPSA) is 22.1 Å². The van der Waals surface area contributed by atoms with Crippen LogP contribution in [0.2, 0.25) is 0 Å². The zero-order valence-electron chi connectivity index (χ0n) is 5.26. The minimum absolute atomic E-state index is 0.0457. The van der Waals surface area contributed by atoms with Gasteiger partial charge in [0, 0.05) is 11.1 Å². The van der Waals surface area contributed by atoms with E-state index in [4.69, 9.17) is 11.6 Å². The first-order valence-electron chi connectivity index (χ1n) is 2.68. The van der Waals surface area contributed by atoms with Crippen LogP contribution in [-0.2, 0) is 5.88 Å². The Morgan fingerprint density at radius 3 is 2.91 bits per heavy atom. The van der Waals surface area contributed by atoms with E-state index in [1.165, 1.54) is 6.20 Å². The van der Waals surface area contributed by atoms with Gasteiger partial charge in [0.1, 0.15) is 0 Å². The predicted octanol–water partition coefficient (Wildman–Crippen LogP) is 2.48. The van der Waals surface area contributed by atoms with Gasteiger partial charge in [0.05, 0.1) is 5.88 Å². The van der Waals surface area contributed by atoms with Crippen molar-refractivity contribution in [2.75, 3.05) is 0 Å². The molecule has 0 saturated carbocycles. The summed E-state index contributed by atoms with van der Waals surface area (Å²) in [6.45, 7) is -2.82. The van der Waals surface area contributed by atoms with Crippen LogP contribution in [0.25, 0.3) is 0 Å². The van der Waals surface area contributed by atoms with Gasteiger partial charge >= 0.3 is 6.61 Å². The summed E-state index contributed by atoms with van der Waals surface area (Å²) in [6.07, 6.45) is 1.41. The maximum atomic E-state index is 11.5. The van der Waals surface area contributed by atoms with E-state index in [0.29, 0.717) is 4.88 Å². The molecule has 0 aromatic carbocycles. The summed E-state index contributed by atoms with van der Waals surface area (Å²) in [4.78, 5) is 4.27. The Kier molecular flexibility index (Phi) is 3.02. The lowest BCUT2D eigenvalue weighted by atomic mass is 10.6. The van der Waals surface area contributed by atoms with Crippen LogP contribution in [0.15, 0.2) is 6.20 Å².